The molecule has 0 fully saturated rings. The molecule has 19 heavy (non-hydrogen) atoms. The molecule has 0 saturated heterocycles. The van der Waals surface area contributed by atoms with E-state index in [1.165, 1.54) is 5.94 Å². The second kappa shape index (κ2) is 7.63. The topological polar surface area (TPSA) is 69.7 Å². The molecule has 5 nitrogen and oxygen atoms in total. The number of hydrogen-bond donors (Lipinski definition) is 0. The Balaban J connectivity index is 2.51. The van der Waals surface area contributed by atoms with Crippen molar-refractivity contribution in [2.45, 2.75) is 6.42 Å². The van der Waals surface area contributed by atoms with Crippen molar-refractivity contribution in [1.82, 2.24) is 0 Å². The molecule has 0 aliphatic rings. The minimum atomic E-state index is -0.809. The van der Waals surface area contributed by atoms with Crippen LogP contribution in [0.3, 0.4) is 0 Å². The Morgan fingerprint density at radius 3 is 2.53 bits per heavy atom. The van der Waals surface area contributed by atoms with Crippen molar-refractivity contribution in [2.75, 3.05) is 6.61 Å². The lowest BCUT2D eigenvalue weighted by Gasteiger charge is -2.05. The van der Waals surface area contributed by atoms with E-state index in [2.05, 4.69) is 11.3 Å². The van der Waals surface area contributed by atoms with Gasteiger partial charge in [0.05, 0.1) is 6.61 Å². The first-order chi connectivity index (χ1) is 9.17. The van der Waals surface area contributed by atoms with Crippen LogP contribution in [0, 0.1) is 0 Å². The number of benzene rings is 1. The van der Waals surface area contributed by atoms with E-state index < -0.39 is 11.9 Å². The van der Waals surface area contributed by atoms with Crippen LogP contribution in [-0.2, 0) is 19.1 Å². The zero-order valence-corrected chi connectivity index (χ0v) is 10.1. The molecule has 0 spiro atoms. The minimum Gasteiger partial charge on any atom is -0.462 e. The molecule has 0 heterocycles. The van der Waals surface area contributed by atoms with Gasteiger partial charge < -0.3 is 9.47 Å². The van der Waals surface area contributed by atoms with E-state index in [9.17, 15) is 14.4 Å². The highest BCUT2D eigenvalue weighted by Crippen LogP contribution is 2.11. The minimum absolute atomic E-state index is 0.0608. The van der Waals surface area contributed by atoms with Gasteiger partial charge in [0.1, 0.15) is 17.3 Å². The predicted molar refractivity (Wildman–Crippen MR) is 67.1 cm³/mol. The summed E-state index contributed by atoms with van der Waals surface area (Å²) in [5.41, 5.74) is -0.222. The fraction of sp³-hybridized carbons (Fsp3) is 0.143. The molecule has 1 rings (SSSR count). The molecule has 0 radical (unpaired) electrons. The Morgan fingerprint density at radius 1 is 1.26 bits per heavy atom. The number of para-hydroxylation sites is 1. The van der Waals surface area contributed by atoms with Gasteiger partial charge in [-0.2, -0.15) is 0 Å². The highest BCUT2D eigenvalue weighted by atomic mass is 16.5. The second-order valence-electron chi connectivity index (χ2n) is 3.40. The molecule has 0 bridgehead atoms. The Labute approximate surface area is 110 Å². The zero-order valence-electron chi connectivity index (χ0n) is 10.1. The summed E-state index contributed by atoms with van der Waals surface area (Å²) in [6.45, 7) is 3.11. The van der Waals surface area contributed by atoms with Crippen molar-refractivity contribution >= 4 is 17.9 Å². The normalized spacial score (nSPS) is 9.05. The van der Waals surface area contributed by atoms with Crippen molar-refractivity contribution in [1.29, 1.82) is 0 Å². The van der Waals surface area contributed by atoms with Gasteiger partial charge in [-0.3, -0.25) is 0 Å². The number of rotatable bonds is 6. The molecule has 1 aromatic carbocycles. The predicted octanol–water partition coefficient (Wildman–Crippen LogP) is 1.47. The number of esters is 2. The molecule has 5 heteroatoms. The Bertz CT molecular complexity index is 512. The fourth-order valence-corrected chi connectivity index (χ4v) is 1.16. The third kappa shape index (κ3) is 5.02. The van der Waals surface area contributed by atoms with Crippen molar-refractivity contribution in [3.05, 3.63) is 48.6 Å². The van der Waals surface area contributed by atoms with Gasteiger partial charge in [-0.05, 0) is 12.1 Å². The van der Waals surface area contributed by atoms with E-state index >= 15 is 0 Å². The van der Waals surface area contributed by atoms with E-state index in [4.69, 9.17) is 4.74 Å². The maximum absolute atomic E-state index is 11.6. The maximum Gasteiger partial charge on any atom is 0.350 e. The van der Waals surface area contributed by atoms with Gasteiger partial charge in [-0.15, -0.1) is 0 Å². The molecule has 0 atom stereocenters. The third-order valence-electron chi connectivity index (χ3n) is 2.09. The summed E-state index contributed by atoms with van der Waals surface area (Å²) >= 11 is 0. The summed E-state index contributed by atoms with van der Waals surface area (Å²) in [5.74, 6) is 0.379. The van der Waals surface area contributed by atoms with E-state index in [1.54, 1.807) is 30.3 Å². The number of ether oxygens (including phenoxy) is 2. The molecule has 0 unspecified atom stereocenters. The monoisotopic (exact) mass is 260 g/mol. The van der Waals surface area contributed by atoms with E-state index in [1.807, 2.05) is 0 Å². The highest BCUT2D eigenvalue weighted by Gasteiger charge is 2.14. The summed E-state index contributed by atoms with van der Waals surface area (Å²) in [4.78, 5) is 33.0. The first kappa shape index (κ1) is 14.4. The van der Waals surface area contributed by atoms with Gasteiger partial charge in [-0.1, -0.05) is 24.8 Å². The molecular weight excluding hydrogens is 248 g/mol. The second-order valence-corrected chi connectivity index (χ2v) is 3.40. The van der Waals surface area contributed by atoms with Crippen molar-refractivity contribution in [2.24, 2.45) is 0 Å². The molecule has 0 amide bonds. The number of carbonyl (C=O) groups is 2. The maximum atomic E-state index is 11.6. The fourth-order valence-electron chi connectivity index (χ4n) is 1.16. The Morgan fingerprint density at radius 2 is 1.95 bits per heavy atom. The molecular formula is C14H12O5. The van der Waals surface area contributed by atoms with Crippen LogP contribution in [-0.4, -0.2) is 24.5 Å². The van der Waals surface area contributed by atoms with Crippen LogP contribution in [0.4, 0.5) is 0 Å². The van der Waals surface area contributed by atoms with Crippen LogP contribution < -0.4 is 4.74 Å². The third-order valence-corrected chi connectivity index (χ3v) is 2.09. The van der Waals surface area contributed by atoms with Crippen molar-refractivity contribution in [3.63, 3.8) is 0 Å². The van der Waals surface area contributed by atoms with Gasteiger partial charge >= 0.3 is 11.9 Å². The summed E-state index contributed by atoms with van der Waals surface area (Å²) in [6.07, 6.45) is 0.932. The smallest absolute Gasteiger partial charge is 0.350 e. The van der Waals surface area contributed by atoms with Crippen LogP contribution >= 0.6 is 0 Å². The highest BCUT2D eigenvalue weighted by molar-refractivity contribution is 5.98. The standard InChI is InChI=1S/C14H12O5/c1-2-13(16)18-9-8-11(10-15)14(17)19-12-6-4-3-5-7-12/h2-7H,1,8-9H2. The molecule has 0 N–H and O–H groups in total. The summed E-state index contributed by atoms with van der Waals surface area (Å²) < 4.78 is 9.61. The van der Waals surface area contributed by atoms with Gasteiger partial charge in [-0.25, -0.2) is 14.4 Å². The summed E-state index contributed by atoms with van der Waals surface area (Å²) in [5, 5.41) is 0. The molecule has 0 aliphatic heterocycles. The Hall–Kier alpha value is -2.65. The van der Waals surface area contributed by atoms with Crippen molar-refractivity contribution < 1.29 is 23.9 Å². The molecule has 0 aromatic heterocycles. The Kier molecular flexibility index (Phi) is 5.79. The van der Waals surface area contributed by atoms with Crippen LogP contribution in [0.1, 0.15) is 6.42 Å². The first-order valence-corrected chi connectivity index (χ1v) is 5.47. The molecule has 1 aromatic rings. The molecule has 98 valence electrons. The van der Waals surface area contributed by atoms with Gasteiger partial charge in [0.15, 0.2) is 0 Å². The first-order valence-electron chi connectivity index (χ1n) is 5.47. The van der Waals surface area contributed by atoms with Crippen LogP contribution in [0.5, 0.6) is 5.75 Å². The average Bonchev–Trinajstić information content (AvgIpc) is 2.44. The summed E-state index contributed by atoms with van der Waals surface area (Å²) in [6, 6.07) is 8.32. The van der Waals surface area contributed by atoms with E-state index in [-0.39, 0.29) is 18.6 Å². The lowest BCUT2D eigenvalue weighted by molar-refractivity contribution is -0.138. The quantitative estimate of drug-likeness (QED) is 0.335. The molecule has 0 aliphatic carbocycles. The van der Waals surface area contributed by atoms with Crippen LogP contribution in [0.25, 0.3) is 0 Å². The summed E-state index contributed by atoms with van der Waals surface area (Å²) in [7, 11) is 0. The SMILES string of the molecule is C=CC(=O)OCCC(=C=O)C(=O)Oc1ccccc1. The van der Waals surface area contributed by atoms with Crippen LogP contribution in [0.2, 0.25) is 0 Å². The zero-order chi connectivity index (χ0) is 14.1. The van der Waals surface area contributed by atoms with Crippen molar-refractivity contribution in [3.8, 4) is 5.75 Å². The lowest BCUT2D eigenvalue weighted by atomic mass is 10.2. The largest absolute Gasteiger partial charge is 0.462 e. The van der Waals surface area contributed by atoms with E-state index in [0.29, 0.717) is 5.75 Å². The lowest BCUT2D eigenvalue weighted by Crippen LogP contribution is -2.14. The van der Waals surface area contributed by atoms with Gasteiger partial charge in [0.2, 0.25) is 0 Å². The van der Waals surface area contributed by atoms with Gasteiger partial charge in [0.25, 0.3) is 0 Å². The van der Waals surface area contributed by atoms with Gasteiger partial charge in [0, 0.05) is 12.5 Å². The van der Waals surface area contributed by atoms with Crippen LogP contribution in [0.15, 0.2) is 48.6 Å². The number of carbonyl (C=O) groups excluding carboxylic acids is 3. The van der Waals surface area contributed by atoms with E-state index in [0.717, 1.165) is 6.08 Å². The number of hydrogen-bond acceptors (Lipinski definition) is 5. The average molecular weight is 260 g/mol. The molecule has 0 saturated carbocycles.